The highest BCUT2D eigenvalue weighted by molar-refractivity contribution is 5.85. The van der Waals surface area contributed by atoms with Gasteiger partial charge in [-0.25, -0.2) is 9.59 Å². The highest BCUT2D eigenvalue weighted by atomic mass is 16.5. The van der Waals surface area contributed by atoms with Crippen LogP contribution in [-0.2, 0) is 14.3 Å². The largest absolute Gasteiger partial charge is 0.479 e. The molecule has 0 spiro atoms. The van der Waals surface area contributed by atoms with Crippen LogP contribution in [-0.4, -0.2) is 53.5 Å². The average Bonchev–Trinajstić information content (AvgIpc) is 3.05. The molecule has 4 N–H and O–H groups in total. The predicted molar refractivity (Wildman–Crippen MR) is 109 cm³/mol. The first-order valence-electron chi connectivity index (χ1n) is 9.68. The summed E-state index contributed by atoms with van der Waals surface area (Å²) in [5, 5.41) is 22.7. The summed E-state index contributed by atoms with van der Waals surface area (Å²) in [6.07, 6.45) is -2.39. The monoisotopic (exact) mass is 412 g/mol. The summed E-state index contributed by atoms with van der Waals surface area (Å²) in [4.78, 5) is 34.7. The van der Waals surface area contributed by atoms with Crippen molar-refractivity contribution < 1.29 is 29.3 Å². The molecule has 0 saturated carbocycles. The second-order valence-corrected chi connectivity index (χ2v) is 7.13. The van der Waals surface area contributed by atoms with E-state index >= 15 is 0 Å². The van der Waals surface area contributed by atoms with Crippen LogP contribution in [0.2, 0.25) is 0 Å². The molecule has 158 valence electrons. The van der Waals surface area contributed by atoms with Gasteiger partial charge in [-0.3, -0.25) is 4.79 Å². The fourth-order valence-electron chi connectivity index (χ4n) is 3.49. The number of fused-ring (bicyclic) bond motifs is 3. The van der Waals surface area contributed by atoms with Crippen molar-refractivity contribution in [1.29, 1.82) is 0 Å². The number of hydrogen-bond donors (Lipinski definition) is 4. The Balaban J connectivity index is 1.51. The summed E-state index contributed by atoms with van der Waals surface area (Å²) in [7, 11) is 0. The first-order valence-corrected chi connectivity index (χ1v) is 9.68. The Morgan fingerprint density at radius 3 is 2.17 bits per heavy atom. The summed E-state index contributed by atoms with van der Waals surface area (Å²) in [6, 6.07) is 15.1. The minimum atomic E-state index is -1.55. The lowest BCUT2D eigenvalue weighted by atomic mass is 9.98. The van der Waals surface area contributed by atoms with Gasteiger partial charge in [-0.2, -0.15) is 0 Å². The minimum Gasteiger partial charge on any atom is -0.479 e. The van der Waals surface area contributed by atoms with Crippen molar-refractivity contribution in [3.8, 4) is 11.1 Å². The third-order valence-electron chi connectivity index (χ3n) is 5.07. The number of aliphatic carboxylic acids is 1. The molecule has 30 heavy (non-hydrogen) atoms. The van der Waals surface area contributed by atoms with Gasteiger partial charge in [0, 0.05) is 18.9 Å². The molecule has 2 aromatic carbocycles. The molecule has 2 aromatic rings. The summed E-state index contributed by atoms with van der Waals surface area (Å²) >= 11 is 0. The highest BCUT2D eigenvalue weighted by Crippen LogP contribution is 2.44. The Morgan fingerprint density at radius 1 is 1.03 bits per heavy atom. The standard InChI is InChI=1S/C22H24N2O6/c1-13(20(26)23-11-10-19(25)21(27)28)24-22(29)30-12-18-16-8-4-2-6-14(16)15-7-3-5-9-17(15)18/h2-9,13,18-19,25H,10-12H2,1H3,(H,23,26)(H,24,29)(H,27,28)/t13-,19+/m1/s1. The van der Waals surface area contributed by atoms with Crippen molar-refractivity contribution in [2.45, 2.75) is 31.4 Å². The summed E-state index contributed by atoms with van der Waals surface area (Å²) in [5.74, 6) is -1.93. The Bertz CT molecular complexity index is 899. The quantitative estimate of drug-likeness (QED) is 0.525. The van der Waals surface area contributed by atoms with Crippen LogP contribution in [0.3, 0.4) is 0 Å². The van der Waals surface area contributed by atoms with Gasteiger partial charge in [0.05, 0.1) is 0 Å². The fourth-order valence-corrected chi connectivity index (χ4v) is 3.49. The Labute approximate surface area is 173 Å². The smallest absolute Gasteiger partial charge is 0.407 e. The first-order chi connectivity index (χ1) is 14.4. The van der Waals surface area contributed by atoms with Crippen LogP contribution in [0.4, 0.5) is 4.79 Å². The van der Waals surface area contributed by atoms with Crippen molar-refractivity contribution in [1.82, 2.24) is 10.6 Å². The Morgan fingerprint density at radius 2 is 1.60 bits per heavy atom. The normalized spacial score (nSPS) is 14.2. The number of amides is 2. The summed E-state index contributed by atoms with van der Waals surface area (Å²) < 4.78 is 5.39. The molecule has 2 atom stereocenters. The minimum absolute atomic E-state index is 0.0248. The van der Waals surface area contributed by atoms with Crippen LogP contribution in [0.15, 0.2) is 48.5 Å². The SMILES string of the molecule is C[C@@H](NC(=O)OCC1c2ccccc2-c2ccccc21)C(=O)NCC[C@H](O)C(=O)O. The molecule has 0 saturated heterocycles. The molecule has 0 unspecified atom stereocenters. The maximum atomic E-state index is 12.2. The summed E-state index contributed by atoms with van der Waals surface area (Å²) in [5.41, 5.74) is 4.43. The number of hydrogen-bond acceptors (Lipinski definition) is 5. The van der Waals surface area contributed by atoms with Crippen molar-refractivity contribution in [3.05, 3.63) is 59.7 Å². The van der Waals surface area contributed by atoms with Crippen LogP contribution in [0, 0.1) is 0 Å². The molecule has 2 amide bonds. The summed E-state index contributed by atoms with van der Waals surface area (Å²) in [6.45, 7) is 1.60. The lowest BCUT2D eigenvalue weighted by Gasteiger charge is -2.17. The third kappa shape index (κ3) is 4.77. The van der Waals surface area contributed by atoms with Crippen LogP contribution in [0.1, 0.15) is 30.4 Å². The number of carboxylic acids is 1. The lowest BCUT2D eigenvalue weighted by molar-refractivity contribution is -0.147. The number of aliphatic hydroxyl groups is 1. The lowest BCUT2D eigenvalue weighted by Crippen LogP contribution is -2.46. The molecule has 8 nitrogen and oxygen atoms in total. The van der Waals surface area contributed by atoms with Gasteiger partial charge in [0.2, 0.25) is 5.91 Å². The van der Waals surface area contributed by atoms with Gasteiger partial charge >= 0.3 is 12.1 Å². The molecular weight excluding hydrogens is 388 g/mol. The van der Waals surface area contributed by atoms with E-state index in [1.807, 2.05) is 48.5 Å². The number of nitrogens with one attached hydrogen (secondary N) is 2. The zero-order valence-corrected chi connectivity index (χ0v) is 16.5. The van der Waals surface area contributed by atoms with E-state index in [2.05, 4.69) is 10.6 Å². The molecule has 8 heteroatoms. The Kier molecular flexibility index (Phi) is 6.68. The van der Waals surface area contributed by atoms with Gasteiger partial charge in [0.15, 0.2) is 6.10 Å². The van der Waals surface area contributed by atoms with E-state index in [0.29, 0.717) is 0 Å². The van der Waals surface area contributed by atoms with E-state index in [0.717, 1.165) is 22.3 Å². The van der Waals surface area contributed by atoms with E-state index in [-0.39, 0.29) is 25.5 Å². The number of carboxylic acid groups (broad SMARTS) is 1. The van der Waals surface area contributed by atoms with Crippen molar-refractivity contribution in [2.75, 3.05) is 13.2 Å². The number of alkyl carbamates (subject to hydrolysis) is 1. The van der Waals surface area contributed by atoms with E-state index in [4.69, 9.17) is 9.84 Å². The molecule has 1 aliphatic carbocycles. The highest BCUT2D eigenvalue weighted by Gasteiger charge is 2.29. The number of carbonyl (C=O) groups excluding carboxylic acids is 2. The van der Waals surface area contributed by atoms with Crippen LogP contribution >= 0.6 is 0 Å². The molecule has 0 aromatic heterocycles. The van der Waals surface area contributed by atoms with Crippen molar-refractivity contribution in [2.24, 2.45) is 0 Å². The zero-order chi connectivity index (χ0) is 21.7. The van der Waals surface area contributed by atoms with Gasteiger partial charge in [0.1, 0.15) is 12.6 Å². The van der Waals surface area contributed by atoms with E-state index in [1.54, 1.807) is 0 Å². The van der Waals surface area contributed by atoms with Gasteiger partial charge in [-0.1, -0.05) is 48.5 Å². The molecule has 0 aliphatic heterocycles. The predicted octanol–water partition coefficient (Wildman–Crippen LogP) is 1.87. The van der Waals surface area contributed by atoms with Gasteiger partial charge in [0.25, 0.3) is 0 Å². The van der Waals surface area contributed by atoms with Gasteiger partial charge in [-0.15, -0.1) is 0 Å². The Hall–Kier alpha value is -3.39. The van der Waals surface area contributed by atoms with Gasteiger partial charge < -0.3 is 25.6 Å². The average molecular weight is 412 g/mol. The maximum Gasteiger partial charge on any atom is 0.407 e. The second-order valence-electron chi connectivity index (χ2n) is 7.13. The molecule has 0 heterocycles. The number of aliphatic hydroxyl groups excluding tert-OH is 1. The fraction of sp³-hybridized carbons (Fsp3) is 0.318. The zero-order valence-electron chi connectivity index (χ0n) is 16.5. The van der Waals surface area contributed by atoms with Crippen LogP contribution in [0.25, 0.3) is 11.1 Å². The molecule has 3 rings (SSSR count). The number of benzene rings is 2. The molecule has 0 bridgehead atoms. The van der Waals surface area contributed by atoms with Crippen molar-refractivity contribution in [3.63, 3.8) is 0 Å². The molecule has 0 fully saturated rings. The van der Waals surface area contributed by atoms with Gasteiger partial charge in [-0.05, 0) is 29.2 Å². The van der Waals surface area contributed by atoms with E-state index < -0.39 is 30.1 Å². The van der Waals surface area contributed by atoms with Crippen LogP contribution < -0.4 is 10.6 Å². The first kappa shape index (κ1) is 21.3. The van der Waals surface area contributed by atoms with E-state index in [1.165, 1.54) is 6.92 Å². The second kappa shape index (κ2) is 9.41. The topological polar surface area (TPSA) is 125 Å². The maximum absolute atomic E-state index is 12.2. The number of rotatable bonds is 8. The number of ether oxygens (including phenoxy) is 1. The molecule has 1 aliphatic rings. The number of carbonyl (C=O) groups is 3. The van der Waals surface area contributed by atoms with Crippen LogP contribution in [0.5, 0.6) is 0 Å². The van der Waals surface area contributed by atoms with Crippen molar-refractivity contribution >= 4 is 18.0 Å². The molecule has 0 radical (unpaired) electrons. The molecular formula is C22H24N2O6. The van der Waals surface area contributed by atoms with E-state index in [9.17, 15) is 19.5 Å². The third-order valence-corrected chi connectivity index (χ3v) is 5.07.